The molecule has 1 amide bonds. The molecular formula is C14H15NO3. The van der Waals surface area contributed by atoms with Gasteiger partial charge in [-0.2, -0.15) is 0 Å². The van der Waals surface area contributed by atoms with Crippen LogP contribution in [0.3, 0.4) is 0 Å². The molecule has 0 saturated carbocycles. The van der Waals surface area contributed by atoms with Crippen molar-refractivity contribution in [3.8, 4) is 23.3 Å². The van der Waals surface area contributed by atoms with E-state index in [1.807, 2.05) is 0 Å². The molecule has 2 rings (SSSR count). The first kappa shape index (κ1) is 12.3. The third kappa shape index (κ3) is 2.75. The molecule has 0 fully saturated rings. The predicted molar refractivity (Wildman–Crippen MR) is 67.8 cm³/mol. The molecule has 0 radical (unpaired) electrons. The molecule has 4 nitrogen and oxygen atoms in total. The number of fused-ring (bicyclic) bond motifs is 1. The summed E-state index contributed by atoms with van der Waals surface area (Å²) in [6, 6.07) is 5.32. The highest BCUT2D eigenvalue weighted by Gasteiger charge is 2.19. The summed E-state index contributed by atoms with van der Waals surface area (Å²) in [5.41, 5.74) is 0.511. The Morgan fingerprint density at radius 1 is 1.39 bits per heavy atom. The van der Waals surface area contributed by atoms with Crippen molar-refractivity contribution >= 4 is 5.91 Å². The highest BCUT2D eigenvalue weighted by atomic mass is 16.6. The molecule has 94 valence electrons. The maximum absolute atomic E-state index is 12.0. The van der Waals surface area contributed by atoms with Gasteiger partial charge < -0.3 is 14.8 Å². The van der Waals surface area contributed by atoms with Crippen molar-refractivity contribution in [1.29, 1.82) is 0 Å². The monoisotopic (exact) mass is 245 g/mol. The summed E-state index contributed by atoms with van der Waals surface area (Å²) in [6.07, 6.45) is 0.647. The van der Waals surface area contributed by atoms with Crippen molar-refractivity contribution in [2.24, 2.45) is 0 Å². The first-order valence-corrected chi connectivity index (χ1v) is 5.89. The van der Waals surface area contributed by atoms with E-state index < -0.39 is 0 Å². The van der Waals surface area contributed by atoms with Crippen LogP contribution >= 0.6 is 0 Å². The summed E-state index contributed by atoms with van der Waals surface area (Å²) in [7, 11) is 0. The summed E-state index contributed by atoms with van der Waals surface area (Å²) < 4.78 is 10.9. The summed E-state index contributed by atoms with van der Waals surface area (Å²) in [6.45, 7) is 3.30. The van der Waals surface area contributed by atoms with E-state index in [1.54, 1.807) is 25.1 Å². The minimum Gasteiger partial charge on any atom is -0.486 e. The second-order valence-corrected chi connectivity index (χ2v) is 3.76. The third-order valence-electron chi connectivity index (χ3n) is 2.52. The van der Waals surface area contributed by atoms with Crippen molar-refractivity contribution in [1.82, 2.24) is 5.32 Å². The van der Waals surface area contributed by atoms with Crippen LogP contribution in [0.1, 0.15) is 23.7 Å². The molecular weight excluding hydrogens is 230 g/mol. The van der Waals surface area contributed by atoms with Crippen molar-refractivity contribution in [2.75, 3.05) is 19.8 Å². The molecule has 0 bridgehead atoms. The molecule has 0 spiro atoms. The molecule has 1 aromatic rings. The van der Waals surface area contributed by atoms with E-state index in [9.17, 15) is 4.79 Å². The van der Waals surface area contributed by atoms with Gasteiger partial charge in [0.15, 0.2) is 11.5 Å². The van der Waals surface area contributed by atoms with E-state index in [2.05, 4.69) is 17.2 Å². The standard InChI is InChI=1S/C14H15NO3/c1-2-3-4-8-15-14(16)11-6-5-7-12-13(11)18-10-9-17-12/h5-7H,4,8-10H2,1H3,(H,15,16). The first-order valence-electron chi connectivity index (χ1n) is 5.89. The summed E-state index contributed by atoms with van der Waals surface area (Å²) in [5, 5.41) is 2.81. The van der Waals surface area contributed by atoms with Gasteiger partial charge in [0.1, 0.15) is 13.2 Å². The quantitative estimate of drug-likeness (QED) is 0.650. The Labute approximate surface area is 106 Å². The zero-order chi connectivity index (χ0) is 12.8. The van der Waals surface area contributed by atoms with Crippen LogP contribution in [0.15, 0.2) is 18.2 Å². The predicted octanol–water partition coefficient (Wildman–Crippen LogP) is 1.60. The van der Waals surface area contributed by atoms with E-state index in [0.717, 1.165) is 0 Å². The van der Waals surface area contributed by atoms with Crippen molar-refractivity contribution in [2.45, 2.75) is 13.3 Å². The summed E-state index contributed by atoms with van der Waals surface area (Å²) >= 11 is 0. The zero-order valence-corrected chi connectivity index (χ0v) is 10.3. The lowest BCUT2D eigenvalue weighted by Crippen LogP contribution is -2.26. The lowest BCUT2D eigenvalue weighted by molar-refractivity contribution is 0.0943. The van der Waals surface area contributed by atoms with Crippen molar-refractivity contribution in [3.05, 3.63) is 23.8 Å². The van der Waals surface area contributed by atoms with Gasteiger partial charge in [-0.25, -0.2) is 0 Å². The Balaban J connectivity index is 2.07. The second kappa shape index (κ2) is 5.97. The lowest BCUT2D eigenvalue weighted by Gasteiger charge is -2.20. The average molecular weight is 245 g/mol. The largest absolute Gasteiger partial charge is 0.486 e. The van der Waals surface area contributed by atoms with Crippen LogP contribution in [0.2, 0.25) is 0 Å². The molecule has 0 atom stereocenters. The summed E-state index contributed by atoms with van der Waals surface area (Å²) in [4.78, 5) is 12.0. The van der Waals surface area contributed by atoms with Crippen molar-refractivity contribution in [3.63, 3.8) is 0 Å². The van der Waals surface area contributed by atoms with Crippen molar-refractivity contribution < 1.29 is 14.3 Å². The van der Waals surface area contributed by atoms with Gasteiger partial charge in [-0.15, -0.1) is 11.8 Å². The maximum atomic E-state index is 12.0. The fraction of sp³-hybridized carbons (Fsp3) is 0.357. The van der Waals surface area contributed by atoms with Gasteiger partial charge in [0.05, 0.1) is 5.56 Å². The molecule has 1 N–H and O–H groups in total. The van der Waals surface area contributed by atoms with Gasteiger partial charge in [-0.3, -0.25) is 4.79 Å². The van der Waals surface area contributed by atoms with E-state index in [-0.39, 0.29) is 5.91 Å². The van der Waals surface area contributed by atoms with Gasteiger partial charge in [0.2, 0.25) is 0 Å². The Morgan fingerprint density at radius 2 is 2.22 bits per heavy atom. The third-order valence-corrected chi connectivity index (χ3v) is 2.52. The topological polar surface area (TPSA) is 47.6 Å². The number of amides is 1. The van der Waals surface area contributed by atoms with E-state index in [4.69, 9.17) is 9.47 Å². The van der Waals surface area contributed by atoms with Crippen LogP contribution in [0, 0.1) is 11.8 Å². The molecule has 0 aromatic heterocycles. The Bertz CT molecular complexity index is 499. The van der Waals surface area contributed by atoms with Gasteiger partial charge in [0, 0.05) is 13.0 Å². The number of para-hydroxylation sites is 1. The van der Waals surface area contributed by atoms with Crippen LogP contribution in [0.25, 0.3) is 0 Å². The molecule has 18 heavy (non-hydrogen) atoms. The van der Waals surface area contributed by atoms with Crippen LogP contribution in [0.5, 0.6) is 11.5 Å². The van der Waals surface area contributed by atoms with Crippen LogP contribution < -0.4 is 14.8 Å². The van der Waals surface area contributed by atoms with E-state index in [1.165, 1.54) is 0 Å². The highest BCUT2D eigenvalue weighted by molar-refractivity contribution is 5.97. The SMILES string of the molecule is CC#CCCNC(=O)c1cccc2c1OCCO2. The molecule has 0 saturated heterocycles. The second-order valence-electron chi connectivity index (χ2n) is 3.76. The molecule has 1 aliphatic rings. The van der Waals surface area contributed by atoms with Gasteiger partial charge >= 0.3 is 0 Å². The Morgan fingerprint density at radius 3 is 3.06 bits per heavy atom. The Kier molecular flexibility index (Phi) is 4.08. The van der Waals surface area contributed by atoms with E-state index >= 15 is 0 Å². The zero-order valence-electron chi connectivity index (χ0n) is 10.3. The minimum atomic E-state index is -0.157. The molecule has 4 heteroatoms. The number of benzene rings is 1. The molecule has 1 aromatic carbocycles. The van der Waals surface area contributed by atoms with Crippen LogP contribution in [-0.4, -0.2) is 25.7 Å². The molecule has 0 unspecified atom stereocenters. The molecule has 1 aliphatic heterocycles. The highest BCUT2D eigenvalue weighted by Crippen LogP contribution is 2.33. The fourth-order valence-electron chi connectivity index (χ4n) is 1.71. The number of rotatable bonds is 3. The number of carbonyl (C=O) groups is 1. The smallest absolute Gasteiger partial charge is 0.255 e. The normalized spacial score (nSPS) is 12.3. The molecule has 0 aliphatic carbocycles. The van der Waals surface area contributed by atoms with Gasteiger partial charge in [0.25, 0.3) is 5.91 Å². The number of carbonyl (C=O) groups excluding carboxylic acids is 1. The van der Waals surface area contributed by atoms with Crippen LogP contribution in [-0.2, 0) is 0 Å². The lowest BCUT2D eigenvalue weighted by atomic mass is 10.1. The fourth-order valence-corrected chi connectivity index (χ4v) is 1.71. The van der Waals surface area contributed by atoms with Crippen LogP contribution in [0.4, 0.5) is 0 Å². The first-order chi connectivity index (χ1) is 8.83. The summed E-state index contributed by atoms with van der Waals surface area (Å²) in [5.74, 6) is 6.68. The molecule has 1 heterocycles. The van der Waals surface area contributed by atoms with Gasteiger partial charge in [-0.05, 0) is 19.1 Å². The number of hydrogen-bond acceptors (Lipinski definition) is 3. The number of hydrogen-bond donors (Lipinski definition) is 1. The minimum absolute atomic E-state index is 0.157. The van der Waals surface area contributed by atoms with E-state index in [0.29, 0.717) is 43.2 Å². The van der Waals surface area contributed by atoms with Gasteiger partial charge in [-0.1, -0.05) is 6.07 Å². The number of nitrogens with one attached hydrogen (secondary N) is 1. The number of ether oxygens (including phenoxy) is 2. The Hall–Kier alpha value is -2.15. The maximum Gasteiger partial charge on any atom is 0.255 e. The average Bonchev–Trinajstić information content (AvgIpc) is 2.43.